The Balaban J connectivity index is 1.30. The van der Waals surface area contributed by atoms with Crippen molar-refractivity contribution in [2.24, 2.45) is 17.8 Å². The van der Waals surface area contributed by atoms with Crippen molar-refractivity contribution in [1.82, 2.24) is 4.72 Å². The lowest BCUT2D eigenvalue weighted by Gasteiger charge is -2.46. The van der Waals surface area contributed by atoms with Crippen LogP contribution in [-0.4, -0.2) is 52.5 Å². The van der Waals surface area contributed by atoms with Crippen molar-refractivity contribution in [3.63, 3.8) is 0 Å². The first-order valence-electron chi connectivity index (χ1n) is 15.8. The molecule has 2 aliphatic heterocycles. The van der Waals surface area contributed by atoms with E-state index in [0.29, 0.717) is 36.8 Å². The Bertz CT molecular complexity index is 1540. The first-order chi connectivity index (χ1) is 20.7. The number of rotatable bonds is 1. The molecular formula is C34H41ClN2O5S. The molecule has 2 saturated carbocycles. The molecule has 1 spiro atoms. The van der Waals surface area contributed by atoms with Crippen LogP contribution in [0.1, 0.15) is 72.9 Å². The van der Waals surface area contributed by atoms with E-state index in [1.54, 1.807) is 13.2 Å². The number of amides is 1. The number of methoxy groups -OCH3 is 1. The lowest BCUT2D eigenvalue weighted by Crippen LogP contribution is -2.49. The first kappa shape index (κ1) is 29.2. The zero-order chi connectivity index (χ0) is 29.8. The summed E-state index contributed by atoms with van der Waals surface area (Å²) in [6, 6.07) is 11.6. The second-order valence-corrected chi connectivity index (χ2v) is 15.8. The molecule has 0 aromatic heterocycles. The summed E-state index contributed by atoms with van der Waals surface area (Å²) in [7, 11) is -2.04. The van der Waals surface area contributed by atoms with Crippen molar-refractivity contribution in [2.45, 2.75) is 74.6 Å². The van der Waals surface area contributed by atoms with Gasteiger partial charge in [-0.3, -0.25) is 4.79 Å². The van der Waals surface area contributed by atoms with E-state index in [4.69, 9.17) is 21.1 Å². The van der Waals surface area contributed by atoms with Crippen LogP contribution < -0.4 is 14.4 Å². The topological polar surface area (TPSA) is 84.9 Å². The number of ether oxygens (including phenoxy) is 2. The highest BCUT2D eigenvalue weighted by Gasteiger charge is 2.44. The maximum atomic E-state index is 13.5. The minimum absolute atomic E-state index is 0.0103. The number of anilines is 1. The fraction of sp³-hybridized carbons (Fsp3) is 0.559. The number of hydrogen-bond acceptors (Lipinski definition) is 6. The van der Waals surface area contributed by atoms with Crippen LogP contribution in [-0.2, 0) is 26.6 Å². The van der Waals surface area contributed by atoms with Gasteiger partial charge in [-0.2, -0.15) is 0 Å². The van der Waals surface area contributed by atoms with Crippen molar-refractivity contribution >= 4 is 33.2 Å². The Kier molecular flexibility index (Phi) is 7.75. The zero-order valence-electron chi connectivity index (χ0n) is 24.8. The highest BCUT2D eigenvalue weighted by atomic mass is 35.5. The third-order valence-corrected chi connectivity index (χ3v) is 12.8. The van der Waals surface area contributed by atoms with Crippen LogP contribution in [0.2, 0.25) is 5.02 Å². The molecule has 230 valence electrons. The van der Waals surface area contributed by atoms with Gasteiger partial charge in [0.2, 0.25) is 10.0 Å². The van der Waals surface area contributed by atoms with Crippen LogP contribution in [0.15, 0.2) is 48.6 Å². The van der Waals surface area contributed by atoms with Crippen LogP contribution >= 0.6 is 11.6 Å². The number of carbonyl (C=O) groups is 1. The van der Waals surface area contributed by atoms with E-state index in [2.05, 4.69) is 33.9 Å². The molecule has 3 aliphatic carbocycles. The first-order valence-corrected chi connectivity index (χ1v) is 17.7. The molecule has 0 saturated heterocycles. The number of sulfonamides is 1. The Labute approximate surface area is 260 Å². The molecule has 6 atom stereocenters. The lowest BCUT2D eigenvalue weighted by molar-refractivity contribution is 0.0129. The number of carbonyl (C=O) groups excluding carboxylic acids is 1. The zero-order valence-corrected chi connectivity index (χ0v) is 26.3. The van der Waals surface area contributed by atoms with Crippen molar-refractivity contribution in [3.05, 3.63) is 70.3 Å². The van der Waals surface area contributed by atoms with E-state index in [1.807, 2.05) is 18.2 Å². The van der Waals surface area contributed by atoms with Gasteiger partial charge in [-0.05, 0) is 111 Å². The van der Waals surface area contributed by atoms with Gasteiger partial charge in [-0.15, -0.1) is 0 Å². The lowest BCUT2D eigenvalue weighted by atomic mass is 9.68. The third-order valence-electron chi connectivity index (χ3n) is 10.8. The Morgan fingerprint density at radius 3 is 2.77 bits per heavy atom. The number of fused-ring (bicyclic) bond motifs is 6. The minimum atomic E-state index is -3.83. The maximum Gasteiger partial charge on any atom is 0.264 e. The number of hydrogen-bond donors (Lipinski definition) is 1. The van der Waals surface area contributed by atoms with Gasteiger partial charge in [0.1, 0.15) is 5.75 Å². The molecule has 9 heteroatoms. The quantitative estimate of drug-likeness (QED) is 0.389. The fourth-order valence-electron chi connectivity index (χ4n) is 8.36. The Morgan fingerprint density at radius 1 is 1.07 bits per heavy atom. The van der Waals surface area contributed by atoms with Crippen LogP contribution in [0.3, 0.4) is 0 Å². The number of nitrogens with one attached hydrogen (secondary N) is 1. The van der Waals surface area contributed by atoms with Gasteiger partial charge in [0.25, 0.3) is 5.91 Å². The Hall–Kier alpha value is -2.55. The summed E-state index contributed by atoms with van der Waals surface area (Å²) < 4.78 is 41.9. The molecule has 1 N–H and O–H groups in total. The average Bonchev–Trinajstić information content (AvgIpc) is 3.13. The summed E-state index contributed by atoms with van der Waals surface area (Å²) in [5, 5.41) is 0.162. The number of allylic oxidation sites excluding steroid dienone is 1. The maximum absolute atomic E-state index is 13.5. The number of benzene rings is 2. The van der Waals surface area contributed by atoms with Crippen molar-refractivity contribution in [1.29, 1.82) is 0 Å². The molecule has 1 amide bonds. The van der Waals surface area contributed by atoms with Crippen molar-refractivity contribution in [3.8, 4) is 5.75 Å². The summed E-state index contributed by atoms with van der Waals surface area (Å²) >= 11 is 6.42. The minimum Gasteiger partial charge on any atom is -0.490 e. The van der Waals surface area contributed by atoms with E-state index in [1.165, 1.54) is 11.1 Å². The van der Waals surface area contributed by atoms with E-state index >= 15 is 0 Å². The van der Waals surface area contributed by atoms with Crippen LogP contribution in [0.5, 0.6) is 5.75 Å². The fourth-order valence-corrected chi connectivity index (χ4v) is 10.1. The van der Waals surface area contributed by atoms with E-state index < -0.39 is 21.2 Å². The second kappa shape index (κ2) is 11.4. The second-order valence-electron chi connectivity index (χ2n) is 13.4. The van der Waals surface area contributed by atoms with Gasteiger partial charge in [0, 0.05) is 36.2 Å². The van der Waals surface area contributed by atoms with Crippen LogP contribution in [0.4, 0.5) is 5.69 Å². The normalized spacial score (nSPS) is 34.0. The number of nitrogens with zero attached hydrogens (tertiary/aromatic N) is 1. The summed E-state index contributed by atoms with van der Waals surface area (Å²) in [4.78, 5) is 15.9. The van der Waals surface area contributed by atoms with Gasteiger partial charge in [-0.1, -0.05) is 36.2 Å². The van der Waals surface area contributed by atoms with Crippen LogP contribution in [0, 0.1) is 17.8 Å². The van der Waals surface area contributed by atoms with Gasteiger partial charge in [0.05, 0.1) is 23.6 Å². The van der Waals surface area contributed by atoms with Gasteiger partial charge in [0.15, 0.2) is 0 Å². The molecule has 2 fully saturated rings. The van der Waals surface area contributed by atoms with Gasteiger partial charge < -0.3 is 14.4 Å². The van der Waals surface area contributed by atoms with Gasteiger partial charge >= 0.3 is 0 Å². The predicted octanol–water partition coefficient (Wildman–Crippen LogP) is 6.04. The molecule has 2 aromatic rings. The molecular weight excluding hydrogens is 584 g/mol. The molecule has 2 aromatic carbocycles. The van der Waals surface area contributed by atoms with Gasteiger partial charge in [-0.25, -0.2) is 13.1 Å². The number of halogens is 1. The van der Waals surface area contributed by atoms with Crippen molar-refractivity contribution < 1.29 is 22.7 Å². The summed E-state index contributed by atoms with van der Waals surface area (Å²) in [5.74, 6) is 1.11. The molecule has 0 unspecified atom stereocenters. The summed E-state index contributed by atoms with van der Waals surface area (Å²) in [6.45, 7) is 2.10. The molecule has 43 heavy (non-hydrogen) atoms. The summed E-state index contributed by atoms with van der Waals surface area (Å²) in [6.07, 6.45) is 12.5. The molecule has 5 aliphatic rings. The predicted molar refractivity (Wildman–Crippen MR) is 169 cm³/mol. The van der Waals surface area contributed by atoms with Crippen LogP contribution in [0.25, 0.3) is 0 Å². The highest BCUT2D eigenvalue weighted by Crippen LogP contribution is 2.47. The van der Waals surface area contributed by atoms with E-state index in [-0.39, 0.29) is 17.4 Å². The number of aryl methyl sites for hydroxylation is 1. The molecule has 7 rings (SSSR count). The smallest absolute Gasteiger partial charge is 0.264 e. The largest absolute Gasteiger partial charge is 0.490 e. The molecule has 0 radical (unpaired) electrons. The van der Waals surface area contributed by atoms with E-state index in [9.17, 15) is 13.2 Å². The molecule has 4 bridgehead atoms. The third kappa shape index (κ3) is 5.48. The standard InChI is InChI=1S/C34H41ClN2O5S/c1-41-31-13-7-22-4-2-6-27(16-22)43(39,40)36-33(38)24-9-14-32-30(18-24)37(19-25-8-11-28(25)31)20-34(21-42-32)15-3-5-23-17-26(35)10-12-29(23)34/h7,9-10,12-14,17-18,22,25,27-28,31H,2-6,8,11,15-16,19-21H2,1H3,(H,36,38)/b13-7-/t22-,25+,27+,28-,31+,34+/m1/s1. The average molecular weight is 625 g/mol. The highest BCUT2D eigenvalue weighted by molar-refractivity contribution is 7.90. The summed E-state index contributed by atoms with van der Waals surface area (Å²) in [5.41, 5.74) is 3.54. The van der Waals surface area contributed by atoms with E-state index in [0.717, 1.165) is 74.5 Å². The molecule has 7 nitrogen and oxygen atoms in total. The van der Waals surface area contributed by atoms with Crippen molar-refractivity contribution in [2.75, 3.05) is 31.7 Å². The SMILES string of the molecule is CO[C@H]1/C=C\[C@H]2CCC[C@@H](C2)S(=O)(=O)NC(=O)c2ccc3c(c2)N(C[C@@H]2CC[C@H]21)C[C@@]1(CCCc2cc(Cl)ccc21)CO3. The molecule has 2 heterocycles. The Morgan fingerprint density at radius 2 is 1.95 bits per heavy atom. The monoisotopic (exact) mass is 624 g/mol.